The lowest BCUT2D eigenvalue weighted by molar-refractivity contribution is -0.114. The Morgan fingerprint density at radius 3 is 2.39 bits per heavy atom. The molecular formula is C17H14N4O2. The Kier molecular flexibility index (Phi) is 5.28. The Balaban J connectivity index is 2.46. The van der Waals surface area contributed by atoms with Gasteiger partial charge in [-0.25, -0.2) is 0 Å². The average molecular weight is 306 g/mol. The molecule has 0 saturated carbocycles. The lowest BCUT2D eigenvalue weighted by atomic mass is 10.0. The third-order valence-electron chi connectivity index (χ3n) is 2.97. The van der Waals surface area contributed by atoms with Crippen molar-refractivity contribution in [3.63, 3.8) is 0 Å². The van der Waals surface area contributed by atoms with E-state index < -0.39 is 5.78 Å². The first kappa shape index (κ1) is 16.0. The molecule has 2 aromatic carbocycles. The van der Waals surface area contributed by atoms with Crippen molar-refractivity contribution < 1.29 is 9.59 Å². The Bertz CT molecular complexity index is 806. The third kappa shape index (κ3) is 4.30. The SMILES string of the molecule is CC(=O)Nc1ccccc1C(=O)/C(=C/c1ccccc1)N=[N+]=[N-]. The highest BCUT2D eigenvalue weighted by Crippen LogP contribution is 2.21. The van der Waals surface area contributed by atoms with E-state index in [1.165, 1.54) is 13.0 Å². The number of ketones is 1. The van der Waals surface area contributed by atoms with Crippen LogP contribution in [0.5, 0.6) is 0 Å². The number of carbonyl (C=O) groups excluding carboxylic acids is 2. The van der Waals surface area contributed by atoms with E-state index in [1.807, 2.05) is 18.2 Å². The lowest BCUT2D eigenvalue weighted by Gasteiger charge is -2.09. The molecule has 0 saturated heterocycles. The van der Waals surface area contributed by atoms with Crippen LogP contribution in [0.15, 0.2) is 65.4 Å². The van der Waals surface area contributed by atoms with Crippen molar-refractivity contribution in [3.05, 3.63) is 81.9 Å². The molecule has 0 aliphatic rings. The molecule has 23 heavy (non-hydrogen) atoms. The number of benzene rings is 2. The van der Waals surface area contributed by atoms with Gasteiger partial charge in [0, 0.05) is 17.4 Å². The third-order valence-corrected chi connectivity index (χ3v) is 2.97. The number of rotatable bonds is 5. The highest BCUT2D eigenvalue weighted by molar-refractivity contribution is 6.15. The van der Waals surface area contributed by atoms with E-state index in [9.17, 15) is 9.59 Å². The summed E-state index contributed by atoms with van der Waals surface area (Å²) in [6.07, 6.45) is 1.51. The lowest BCUT2D eigenvalue weighted by Crippen LogP contribution is -2.11. The van der Waals surface area contributed by atoms with E-state index in [0.29, 0.717) is 5.69 Å². The van der Waals surface area contributed by atoms with E-state index in [2.05, 4.69) is 15.3 Å². The Labute approximate surface area is 133 Å². The number of anilines is 1. The second kappa shape index (κ2) is 7.59. The normalized spacial score (nSPS) is 10.6. The first-order valence-corrected chi connectivity index (χ1v) is 6.85. The number of para-hydroxylation sites is 1. The van der Waals surface area contributed by atoms with E-state index in [-0.39, 0.29) is 17.2 Å². The number of carbonyl (C=O) groups is 2. The van der Waals surface area contributed by atoms with Crippen LogP contribution in [0.4, 0.5) is 5.69 Å². The molecule has 0 fully saturated rings. The number of nitrogens with one attached hydrogen (secondary N) is 1. The molecule has 1 N–H and O–H groups in total. The smallest absolute Gasteiger partial charge is 0.221 e. The zero-order valence-electron chi connectivity index (χ0n) is 12.4. The summed E-state index contributed by atoms with van der Waals surface area (Å²) in [6.45, 7) is 1.36. The second-order valence-corrected chi connectivity index (χ2v) is 4.69. The Hall–Kier alpha value is -3.37. The standard InChI is InChI=1S/C17H14N4O2/c1-12(22)19-15-10-6-5-9-14(15)17(23)16(20-21-18)11-13-7-3-2-4-8-13/h2-11H,1H3,(H,19,22)/b16-11-. The van der Waals surface area contributed by atoms with Gasteiger partial charge in [0.05, 0.1) is 11.4 Å². The average Bonchev–Trinajstić information content (AvgIpc) is 2.55. The maximum atomic E-state index is 12.7. The van der Waals surface area contributed by atoms with E-state index in [0.717, 1.165) is 5.56 Å². The number of allylic oxidation sites excluding steroid dienone is 1. The predicted molar refractivity (Wildman–Crippen MR) is 88.6 cm³/mol. The van der Waals surface area contributed by atoms with Gasteiger partial charge < -0.3 is 5.32 Å². The molecule has 114 valence electrons. The molecular weight excluding hydrogens is 292 g/mol. The van der Waals surface area contributed by atoms with Crippen molar-refractivity contribution in [2.45, 2.75) is 6.92 Å². The molecule has 6 heteroatoms. The maximum Gasteiger partial charge on any atom is 0.221 e. The van der Waals surface area contributed by atoms with Crippen molar-refractivity contribution >= 4 is 23.5 Å². The molecule has 1 amide bonds. The summed E-state index contributed by atoms with van der Waals surface area (Å²) >= 11 is 0. The van der Waals surface area contributed by atoms with Crippen LogP contribution in [0, 0.1) is 0 Å². The fourth-order valence-electron chi connectivity index (χ4n) is 2.01. The molecule has 0 unspecified atom stereocenters. The molecule has 2 aromatic rings. The topological polar surface area (TPSA) is 94.9 Å². The van der Waals surface area contributed by atoms with Crippen LogP contribution in [0.1, 0.15) is 22.8 Å². The minimum absolute atomic E-state index is 0.0449. The van der Waals surface area contributed by atoms with Crippen LogP contribution in [-0.2, 0) is 4.79 Å². The number of Topliss-reactive ketones (excluding diaryl/α,β-unsaturated/α-hetero) is 1. The molecule has 0 heterocycles. The number of amides is 1. The number of hydrogen-bond donors (Lipinski definition) is 1. The maximum absolute atomic E-state index is 12.7. The van der Waals surface area contributed by atoms with Crippen molar-refractivity contribution in [2.75, 3.05) is 5.32 Å². The molecule has 6 nitrogen and oxygen atoms in total. The van der Waals surface area contributed by atoms with Gasteiger partial charge in [-0.05, 0) is 29.3 Å². The molecule has 0 radical (unpaired) electrons. The summed E-state index contributed by atoms with van der Waals surface area (Å²) in [6, 6.07) is 15.6. The molecule has 0 aliphatic carbocycles. The van der Waals surface area contributed by atoms with Crippen molar-refractivity contribution in [1.82, 2.24) is 0 Å². The summed E-state index contributed by atoms with van der Waals surface area (Å²) in [5.74, 6) is -0.751. The van der Waals surface area contributed by atoms with Crippen LogP contribution >= 0.6 is 0 Å². The molecule has 0 aliphatic heterocycles. The minimum Gasteiger partial charge on any atom is -0.326 e. The van der Waals surface area contributed by atoms with Gasteiger partial charge in [0.15, 0.2) is 5.78 Å². The Morgan fingerprint density at radius 2 is 1.74 bits per heavy atom. The van der Waals surface area contributed by atoms with Gasteiger partial charge in [-0.2, -0.15) is 0 Å². The fourth-order valence-corrected chi connectivity index (χ4v) is 2.01. The second-order valence-electron chi connectivity index (χ2n) is 4.69. The zero-order chi connectivity index (χ0) is 16.7. The summed E-state index contributed by atoms with van der Waals surface area (Å²) in [7, 11) is 0. The van der Waals surface area contributed by atoms with Crippen LogP contribution in [0.2, 0.25) is 0 Å². The number of azide groups is 1. The molecule has 2 rings (SSSR count). The highest BCUT2D eigenvalue weighted by Gasteiger charge is 2.15. The molecule has 0 bridgehead atoms. The summed E-state index contributed by atoms with van der Waals surface area (Å²) < 4.78 is 0. The first-order chi connectivity index (χ1) is 11.1. The van der Waals surface area contributed by atoms with Crippen LogP contribution < -0.4 is 5.32 Å². The van der Waals surface area contributed by atoms with Gasteiger partial charge in [0.1, 0.15) is 0 Å². The van der Waals surface area contributed by atoms with Gasteiger partial charge in [-0.15, -0.1) is 0 Å². The molecule has 0 aromatic heterocycles. The van der Waals surface area contributed by atoms with Gasteiger partial charge in [-0.1, -0.05) is 47.6 Å². The minimum atomic E-state index is -0.462. The van der Waals surface area contributed by atoms with Gasteiger partial charge in [0.2, 0.25) is 5.91 Å². The predicted octanol–water partition coefficient (Wildman–Crippen LogP) is 4.18. The number of hydrogen-bond acceptors (Lipinski definition) is 3. The van der Waals surface area contributed by atoms with Crippen LogP contribution in [0.25, 0.3) is 16.5 Å². The molecule has 0 spiro atoms. The van der Waals surface area contributed by atoms with Crippen LogP contribution in [-0.4, -0.2) is 11.7 Å². The first-order valence-electron chi connectivity index (χ1n) is 6.85. The fraction of sp³-hybridized carbons (Fsp3) is 0.0588. The summed E-state index contributed by atoms with van der Waals surface area (Å²) in [4.78, 5) is 26.6. The zero-order valence-corrected chi connectivity index (χ0v) is 12.4. The van der Waals surface area contributed by atoms with Gasteiger partial charge in [-0.3, -0.25) is 9.59 Å². The highest BCUT2D eigenvalue weighted by atomic mass is 16.1. The summed E-state index contributed by atoms with van der Waals surface area (Å²) in [5, 5.41) is 6.09. The summed E-state index contributed by atoms with van der Waals surface area (Å²) in [5.41, 5.74) is 10.0. The Morgan fingerprint density at radius 1 is 1.09 bits per heavy atom. The van der Waals surface area contributed by atoms with E-state index >= 15 is 0 Å². The van der Waals surface area contributed by atoms with Crippen molar-refractivity contribution in [2.24, 2.45) is 5.11 Å². The van der Waals surface area contributed by atoms with Gasteiger partial charge >= 0.3 is 0 Å². The van der Waals surface area contributed by atoms with Gasteiger partial charge in [0.25, 0.3) is 0 Å². The largest absolute Gasteiger partial charge is 0.326 e. The molecule has 0 atom stereocenters. The van der Waals surface area contributed by atoms with Crippen molar-refractivity contribution in [1.29, 1.82) is 0 Å². The van der Waals surface area contributed by atoms with E-state index in [1.54, 1.807) is 36.4 Å². The monoisotopic (exact) mass is 306 g/mol. The van der Waals surface area contributed by atoms with Crippen molar-refractivity contribution in [3.8, 4) is 0 Å². The quantitative estimate of drug-likeness (QED) is 0.295. The van der Waals surface area contributed by atoms with Crippen LogP contribution in [0.3, 0.4) is 0 Å². The number of nitrogens with zero attached hydrogens (tertiary/aromatic N) is 3. The van der Waals surface area contributed by atoms with E-state index in [4.69, 9.17) is 5.53 Å².